The number of thiocarbonyl (C=S) groups is 1. The third kappa shape index (κ3) is 3.27. The van der Waals surface area contributed by atoms with Crippen LogP contribution >= 0.6 is 28.1 Å². The van der Waals surface area contributed by atoms with Crippen LogP contribution in [0.2, 0.25) is 0 Å². The zero-order valence-electron chi connectivity index (χ0n) is 11.6. The summed E-state index contributed by atoms with van der Waals surface area (Å²) in [5, 5.41) is 0. The average molecular weight is 362 g/mol. The van der Waals surface area contributed by atoms with Crippen LogP contribution in [0.4, 0.5) is 0 Å². The van der Waals surface area contributed by atoms with Crippen molar-refractivity contribution in [2.75, 3.05) is 0 Å². The average Bonchev–Trinajstić information content (AvgIpc) is 2.49. The molecule has 0 unspecified atom stereocenters. The van der Waals surface area contributed by atoms with E-state index in [4.69, 9.17) is 22.7 Å². The minimum absolute atomic E-state index is 0.385. The van der Waals surface area contributed by atoms with Crippen molar-refractivity contribution in [3.63, 3.8) is 0 Å². The van der Waals surface area contributed by atoms with Crippen LogP contribution in [0, 0.1) is 0 Å². The van der Waals surface area contributed by atoms with Gasteiger partial charge in [0.05, 0.1) is 4.47 Å². The van der Waals surface area contributed by atoms with Gasteiger partial charge in [0, 0.05) is 5.56 Å². The summed E-state index contributed by atoms with van der Waals surface area (Å²) in [5.41, 5.74) is 9.33. The molecule has 108 valence electrons. The normalized spacial score (nSPS) is 13.6. The smallest absolute Gasteiger partial charge is 0.141 e. The van der Waals surface area contributed by atoms with Gasteiger partial charge in [0.1, 0.15) is 16.5 Å². The van der Waals surface area contributed by atoms with Gasteiger partial charge < -0.3 is 10.5 Å². The molecule has 2 aromatic carbocycles. The van der Waals surface area contributed by atoms with Crippen LogP contribution in [-0.4, -0.2) is 4.99 Å². The first-order chi connectivity index (χ1) is 10.1. The second kappa shape index (κ2) is 6.16. The van der Waals surface area contributed by atoms with Crippen LogP contribution < -0.4 is 10.5 Å². The fourth-order valence-electron chi connectivity index (χ4n) is 2.64. The number of aryl methyl sites for hydroxylation is 2. The van der Waals surface area contributed by atoms with Gasteiger partial charge in [0.25, 0.3) is 0 Å². The Bertz CT molecular complexity index is 699. The molecular weight excluding hydrogens is 346 g/mol. The van der Waals surface area contributed by atoms with E-state index < -0.39 is 0 Å². The summed E-state index contributed by atoms with van der Waals surface area (Å²) in [4.78, 5) is 0.385. The summed E-state index contributed by atoms with van der Waals surface area (Å²) in [6, 6.07) is 12.0. The van der Waals surface area contributed by atoms with Gasteiger partial charge in [-0.1, -0.05) is 18.3 Å². The highest BCUT2D eigenvalue weighted by molar-refractivity contribution is 9.10. The molecule has 0 spiro atoms. The highest BCUT2D eigenvalue weighted by Gasteiger charge is 2.11. The fraction of sp³-hybridized carbons (Fsp3) is 0.235. The predicted octanol–water partition coefficient (Wildman–Crippen LogP) is 4.75. The molecule has 0 amide bonds. The quantitative estimate of drug-likeness (QED) is 0.800. The maximum absolute atomic E-state index is 5.98. The van der Waals surface area contributed by atoms with Crippen molar-refractivity contribution < 1.29 is 4.74 Å². The van der Waals surface area contributed by atoms with Crippen LogP contribution in [0.5, 0.6) is 11.5 Å². The maximum Gasteiger partial charge on any atom is 0.141 e. The molecule has 21 heavy (non-hydrogen) atoms. The maximum atomic E-state index is 5.98. The number of hydrogen-bond acceptors (Lipinski definition) is 2. The predicted molar refractivity (Wildman–Crippen MR) is 93.2 cm³/mol. The van der Waals surface area contributed by atoms with Crippen LogP contribution in [0.1, 0.15) is 29.5 Å². The van der Waals surface area contributed by atoms with Gasteiger partial charge in [-0.05, 0) is 83.1 Å². The van der Waals surface area contributed by atoms with Crippen molar-refractivity contribution in [2.24, 2.45) is 5.73 Å². The molecule has 3 rings (SSSR count). The number of ether oxygens (including phenoxy) is 1. The number of benzene rings is 2. The summed E-state index contributed by atoms with van der Waals surface area (Å²) < 4.78 is 6.83. The minimum Gasteiger partial charge on any atom is -0.456 e. The molecule has 0 radical (unpaired) electrons. The molecule has 0 heterocycles. The molecule has 2 nitrogen and oxygen atoms in total. The summed E-state index contributed by atoms with van der Waals surface area (Å²) in [6.45, 7) is 0. The second-order valence-corrected chi connectivity index (χ2v) is 6.54. The standard InChI is InChI=1S/C17H16BrNOS/c18-15-10-13(17(19)21)6-8-16(15)20-14-7-5-11-3-1-2-4-12(11)9-14/h5-10H,1-4H2,(H2,19,21). The second-order valence-electron chi connectivity index (χ2n) is 5.25. The van der Waals surface area contributed by atoms with E-state index in [1.165, 1.54) is 30.4 Å². The lowest BCUT2D eigenvalue weighted by Gasteiger charge is -2.17. The van der Waals surface area contributed by atoms with Crippen LogP contribution in [0.15, 0.2) is 40.9 Å². The van der Waals surface area contributed by atoms with E-state index in [0.717, 1.165) is 28.0 Å². The lowest BCUT2D eigenvalue weighted by molar-refractivity contribution is 0.477. The Morgan fingerprint density at radius 3 is 2.52 bits per heavy atom. The molecule has 4 heteroatoms. The number of fused-ring (bicyclic) bond motifs is 1. The summed E-state index contributed by atoms with van der Waals surface area (Å²) in [6.07, 6.45) is 4.89. The third-order valence-corrected chi connectivity index (χ3v) is 4.62. The van der Waals surface area contributed by atoms with Crippen molar-refractivity contribution in [1.29, 1.82) is 0 Å². The molecule has 0 atom stereocenters. The van der Waals surface area contributed by atoms with Gasteiger partial charge in [-0.25, -0.2) is 0 Å². The number of halogens is 1. The molecule has 0 fully saturated rings. The molecule has 2 N–H and O–H groups in total. The van der Waals surface area contributed by atoms with Gasteiger partial charge >= 0.3 is 0 Å². The van der Waals surface area contributed by atoms with Gasteiger partial charge in [-0.2, -0.15) is 0 Å². The zero-order valence-corrected chi connectivity index (χ0v) is 14.0. The zero-order chi connectivity index (χ0) is 14.8. The molecule has 0 saturated carbocycles. The molecule has 0 aliphatic heterocycles. The summed E-state index contributed by atoms with van der Waals surface area (Å²) >= 11 is 8.49. The van der Waals surface area contributed by atoms with Crippen molar-refractivity contribution in [2.45, 2.75) is 25.7 Å². The fourth-order valence-corrected chi connectivity index (χ4v) is 3.22. The largest absolute Gasteiger partial charge is 0.456 e. The van der Waals surface area contributed by atoms with E-state index >= 15 is 0 Å². The Morgan fingerprint density at radius 2 is 1.81 bits per heavy atom. The molecule has 2 aromatic rings. The third-order valence-electron chi connectivity index (χ3n) is 3.76. The highest BCUT2D eigenvalue weighted by Crippen LogP contribution is 2.32. The van der Waals surface area contributed by atoms with Gasteiger partial charge in [-0.3, -0.25) is 0 Å². The van der Waals surface area contributed by atoms with Crippen molar-refractivity contribution in [3.8, 4) is 11.5 Å². The first kappa shape index (κ1) is 14.5. The Labute approximate surface area is 138 Å². The SMILES string of the molecule is NC(=S)c1ccc(Oc2ccc3c(c2)CCCC3)c(Br)c1. The van der Waals surface area contributed by atoms with Crippen molar-refractivity contribution >= 4 is 33.1 Å². The molecule has 1 aliphatic rings. The Hall–Kier alpha value is -1.39. The monoisotopic (exact) mass is 361 g/mol. The van der Waals surface area contributed by atoms with E-state index in [1.54, 1.807) is 0 Å². The molecule has 0 saturated heterocycles. The Morgan fingerprint density at radius 1 is 1.05 bits per heavy atom. The molecular formula is C17H16BrNOS. The van der Waals surface area contributed by atoms with E-state index in [9.17, 15) is 0 Å². The van der Waals surface area contributed by atoms with Crippen molar-refractivity contribution in [3.05, 3.63) is 57.6 Å². The number of nitrogens with two attached hydrogens (primary N) is 1. The van der Waals surface area contributed by atoms with Crippen LogP contribution in [0.3, 0.4) is 0 Å². The Balaban J connectivity index is 1.85. The number of hydrogen-bond donors (Lipinski definition) is 1. The van der Waals surface area contributed by atoms with E-state index in [2.05, 4.69) is 28.1 Å². The molecule has 1 aliphatic carbocycles. The summed E-state index contributed by atoms with van der Waals surface area (Å²) in [5.74, 6) is 1.64. The van der Waals surface area contributed by atoms with Crippen molar-refractivity contribution in [1.82, 2.24) is 0 Å². The van der Waals surface area contributed by atoms with Gasteiger partial charge in [0.15, 0.2) is 0 Å². The van der Waals surface area contributed by atoms with Gasteiger partial charge in [0.2, 0.25) is 0 Å². The van der Waals surface area contributed by atoms with E-state index in [-0.39, 0.29) is 0 Å². The van der Waals surface area contributed by atoms with Crippen LogP contribution in [0.25, 0.3) is 0 Å². The molecule has 0 aromatic heterocycles. The minimum atomic E-state index is 0.385. The van der Waals surface area contributed by atoms with Crippen LogP contribution in [-0.2, 0) is 12.8 Å². The lowest BCUT2D eigenvalue weighted by Crippen LogP contribution is -2.09. The van der Waals surface area contributed by atoms with E-state index in [1.807, 2.05) is 24.3 Å². The highest BCUT2D eigenvalue weighted by atomic mass is 79.9. The topological polar surface area (TPSA) is 35.2 Å². The summed E-state index contributed by atoms with van der Waals surface area (Å²) in [7, 11) is 0. The number of rotatable bonds is 3. The first-order valence-electron chi connectivity index (χ1n) is 7.02. The lowest BCUT2D eigenvalue weighted by atomic mass is 9.92. The molecule has 0 bridgehead atoms. The van der Waals surface area contributed by atoms with E-state index in [0.29, 0.717) is 4.99 Å². The van der Waals surface area contributed by atoms with Gasteiger partial charge in [-0.15, -0.1) is 0 Å². The Kier molecular flexibility index (Phi) is 4.27. The first-order valence-corrected chi connectivity index (χ1v) is 8.22.